The number of aromatic nitrogens is 1. The second-order valence-electron chi connectivity index (χ2n) is 7.68. The summed E-state index contributed by atoms with van der Waals surface area (Å²) >= 11 is 1.37. The predicted molar refractivity (Wildman–Crippen MR) is 137 cm³/mol. The van der Waals surface area contributed by atoms with Crippen molar-refractivity contribution in [3.8, 4) is 0 Å². The fourth-order valence-corrected chi connectivity index (χ4v) is 4.49. The number of morpholine rings is 1. The normalized spacial score (nSPS) is 20.6. The number of ether oxygens (including phenoxy) is 2. The molecule has 1 aliphatic heterocycles. The Bertz CT molecular complexity index is 705. The van der Waals surface area contributed by atoms with E-state index < -0.39 is 0 Å². The molecular formula is C21H38IN5O3S. The number of rotatable bonds is 9. The highest BCUT2D eigenvalue weighted by Gasteiger charge is 2.22. The smallest absolute Gasteiger partial charge is 0.350 e. The van der Waals surface area contributed by atoms with Crippen molar-refractivity contribution in [2.45, 2.75) is 66.2 Å². The maximum atomic E-state index is 12.1. The number of hydrogen-bond acceptors (Lipinski definition) is 7. The van der Waals surface area contributed by atoms with Crippen LogP contribution in [-0.4, -0.2) is 73.4 Å². The minimum Gasteiger partial charge on any atom is -0.462 e. The number of carbonyl (C=O) groups is 1. The van der Waals surface area contributed by atoms with Crippen molar-refractivity contribution >= 4 is 47.2 Å². The molecule has 178 valence electrons. The monoisotopic (exact) mass is 567 g/mol. The number of nitrogens with one attached hydrogen (secondary N) is 2. The number of guanidine groups is 1. The van der Waals surface area contributed by atoms with Crippen LogP contribution in [0, 0.1) is 6.92 Å². The standard InChI is InChI=1S/C21H37N5O3S.HI/c1-7-22-21(23-10-9-11-26-12-14(3)29-15(4)13-26)25-17(6)19-24-16(5)18(30-19)20(27)28-8-2;/h14-15,17H,7-13H2,1-6H3,(H2,22,23,25);1H. The fraction of sp³-hybridized carbons (Fsp3) is 0.762. The van der Waals surface area contributed by atoms with Gasteiger partial charge >= 0.3 is 5.97 Å². The first-order chi connectivity index (χ1) is 14.3. The molecule has 0 spiro atoms. The molecule has 2 rings (SSSR count). The van der Waals surface area contributed by atoms with Crippen molar-refractivity contribution in [3.63, 3.8) is 0 Å². The molecular weight excluding hydrogens is 529 g/mol. The Kier molecular flexibility index (Phi) is 12.9. The average molecular weight is 568 g/mol. The number of aryl methyl sites for hydroxylation is 1. The van der Waals surface area contributed by atoms with Crippen molar-refractivity contribution in [1.82, 2.24) is 20.5 Å². The van der Waals surface area contributed by atoms with Gasteiger partial charge in [0, 0.05) is 32.7 Å². The van der Waals surface area contributed by atoms with Gasteiger partial charge in [-0.1, -0.05) is 0 Å². The van der Waals surface area contributed by atoms with Gasteiger partial charge in [-0.15, -0.1) is 35.3 Å². The molecule has 1 aromatic heterocycles. The van der Waals surface area contributed by atoms with Crippen LogP contribution < -0.4 is 10.6 Å². The third-order valence-electron chi connectivity index (χ3n) is 4.74. The largest absolute Gasteiger partial charge is 0.462 e. The number of thiazole rings is 1. The van der Waals surface area contributed by atoms with Gasteiger partial charge in [-0.05, 0) is 48.0 Å². The zero-order chi connectivity index (χ0) is 22.1. The molecule has 1 fully saturated rings. The topological polar surface area (TPSA) is 88.1 Å². The molecule has 3 unspecified atom stereocenters. The Morgan fingerprint density at radius 2 is 2.03 bits per heavy atom. The number of hydrogen-bond donors (Lipinski definition) is 2. The SMILES string of the molecule is CCNC(=NCCCN1CC(C)OC(C)C1)NC(C)c1nc(C)c(C(=O)OCC)s1.I. The molecule has 0 amide bonds. The highest BCUT2D eigenvalue weighted by molar-refractivity contribution is 14.0. The highest BCUT2D eigenvalue weighted by Crippen LogP contribution is 2.24. The summed E-state index contributed by atoms with van der Waals surface area (Å²) in [5.74, 6) is 0.456. The second kappa shape index (κ2) is 14.2. The van der Waals surface area contributed by atoms with Crippen LogP contribution in [0.4, 0.5) is 0 Å². The summed E-state index contributed by atoms with van der Waals surface area (Å²) in [4.78, 5) is 24.3. The summed E-state index contributed by atoms with van der Waals surface area (Å²) in [7, 11) is 0. The second-order valence-corrected chi connectivity index (χ2v) is 8.71. The van der Waals surface area contributed by atoms with Gasteiger partial charge < -0.3 is 20.1 Å². The zero-order valence-corrected chi connectivity index (χ0v) is 22.7. The summed E-state index contributed by atoms with van der Waals surface area (Å²) < 4.78 is 10.9. The number of nitrogens with zero attached hydrogens (tertiary/aromatic N) is 3. The van der Waals surface area contributed by atoms with Crippen molar-refractivity contribution in [2.24, 2.45) is 4.99 Å². The van der Waals surface area contributed by atoms with Crippen LogP contribution >= 0.6 is 35.3 Å². The van der Waals surface area contributed by atoms with Crippen LogP contribution in [0.2, 0.25) is 0 Å². The first kappa shape index (κ1) is 28.1. The molecule has 3 atom stereocenters. The molecule has 1 aromatic rings. The maximum absolute atomic E-state index is 12.1. The Morgan fingerprint density at radius 3 is 2.65 bits per heavy atom. The molecule has 1 aliphatic rings. The Morgan fingerprint density at radius 1 is 1.35 bits per heavy atom. The molecule has 0 aromatic carbocycles. The zero-order valence-electron chi connectivity index (χ0n) is 19.6. The van der Waals surface area contributed by atoms with Crippen LogP contribution in [0.25, 0.3) is 0 Å². The van der Waals surface area contributed by atoms with E-state index in [9.17, 15) is 4.79 Å². The van der Waals surface area contributed by atoms with Crippen molar-refractivity contribution < 1.29 is 14.3 Å². The lowest BCUT2D eigenvalue weighted by molar-refractivity contribution is -0.0679. The summed E-state index contributed by atoms with van der Waals surface area (Å²) in [6, 6.07) is -0.0596. The molecule has 2 heterocycles. The summed E-state index contributed by atoms with van der Waals surface area (Å²) in [6.45, 7) is 16.8. The van der Waals surface area contributed by atoms with Crippen LogP contribution in [0.15, 0.2) is 4.99 Å². The summed E-state index contributed by atoms with van der Waals surface area (Å²) in [6.07, 6.45) is 1.57. The predicted octanol–water partition coefficient (Wildman–Crippen LogP) is 3.36. The lowest BCUT2D eigenvalue weighted by atomic mass is 10.2. The van der Waals surface area contributed by atoms with E-state index >= 15 is 0 Å². The third-order valence-corrected chi connectivity index (χ3v) is 6.06. The van der Waals surface area contributed by atoms with Gasteiger partial charge in [0.2, 0.25) is 0 Å². The van der Waals surface area contributed by atoms with Crippen LogP contribution in [0.1, 0.15) is 67.5 Å². The third kappa shape index (κ3) is 9.19. The highest BCUT2D eigenvalue weighted by atomic mass is 127. The van der Waals surface area contributed by atoms with Crippen LogP contribution in [0.3, 0.4) is 0 Å². The quantitative estimate of drug-likeness (QED) is 0.156. The molecule has 0 radical (unpaired) electrons. The molecule has 0 aliphatic carbocycles. The molecule has 31 heavy (non-hydrogen) atoms. The molecule has 0 bridgehead atoms. The molecule has 2 N–H and O–H groups in total. The number of halogens is 1. The van der Waals surface area contributed by atoms with Gasteiger partial charge in [0.1, 0.15) is 9.88 Å². The van der Waals surface area contributed by atoms with Crippen LogP contribution in [-0.2, 0) is 9.47 Å². The molecule has 8 nitrogen and oxygen atoms in total. The van der Waals surface area contributed by atoms with E-state index in [2.05, 4.69) is 34.4 Å². The number of carbonyl (C=O) groups excluding carboxylic acids is 1. The van der Waals surface area contributed by atoms with E-state index in [0.29, 0.717) is 29.4 Å². The molecule has 1 saturated heterocycles. The van der Waals surface area contributed by atoms with Crippen molar-refractivity contribution in [3.05, 3.63) is 15.6 Å². The Hall–Kier alpha value is -0.980. The summed E-state index contributed by atoms with van der Waals surface area (Å²) in [5, 5.41) is 7.53. The van der Waals surface area contributed by atoms with Gasteiger partial charge in [0.05, 0.1) is 30.6 Å². The lowest BCUT2D eigenvalue weighted by Crippen LogP contribution is -2.45. The van der Waals surface area contributed by atoms with E-state index in [-0.39, 0.29) is 36.0 Å². The van der Waals surface area contributed by atoms with E-state index in [0.717, 1.165) is 50.1 Å². The first-order valence-electron chi connectivity index (χ1n) is 10.9. The number of esters is 1. The van der Waals surface area contributed by atoms with E-state index in [1.165, 1.54) is 11.3 Å². The maximum Gasteiger partial charge on any atom is 0.350 e. The minimum atomic E-state index is -0.307. The molecule has 10 heteroatoms. The van der Waals surface area contributed by atoms with Gasteiger partial charge in [0.25, 0.3) is 0 Å². The Labute approximate surface area is 207 Å². The van der Waals surface area contributed by atoms with Crippen molar-refractivity contribution in [1.29, 1.82) is 0 Å². The van der Waals surface area contributed by atoms with Gasteiger partial charge in [-0.25, -0.2) is 9.78 Å². The average Bonchev–Trinajstić information content (AvgIpc) is 3.07. The van der Waals surface area contributed by atoms with Crippen molar-refractivity contribution in [2.75, 3.05) is 39.3 Å². The minimum absolute atomic E-state index is 0. The van der Waals surface area contributed by atoms with E-state index in [1.807, 2.05) is 20.8 Å². The lowest BCUT2D eigenvalue weighted by Gasteiger charge is -2.35. The fourth-order valence-electron chi connectivity index (χ4n) is 3.53. The van der Waals surface area contributed by atoms with Crippen LogP contribution in [0.5, 0.6) is 0 Å². The first-order valence-corrected chi connectivity index (χ1v) is 11.7. The Balaban J connectivity index is 0.00000480. The van der Waals surface area contributed by atoms with E-state index in [4.69, 9.17) is 14.5 Å². The van der Waals surface area contributed by atoms with E-state index in [1.54, 1.807) is 6.92 Å². The van der Waals surface area contributed by atoms with Gasteiger partial charge in [-0.3, -0.25) is 9.89 Å². The van der Waals surface area contributed by atoms with Gasteiger partial charge in [-0.2, -0.15) is 0 Å². The summed E-state index contributed by atoms with van der Waals surface area (Å²) in [5.41, 5.74) is 0.706. The van der Waals surface area contributed by atoms with Gasteiger partial charge in [0.15, 0.2) is 5.96 Å². The number of aliphatic imine (C=N–C) groups is 1. The molecule has 0 saturated carbocycles.